The highest BCUT2D eigenvalue weighted by atomic mass is 79.9. The van der Waals surface area contributed by atoms with Gasteiger partial charge in [0, 0.05) is 21.3 Å². The molecule has 0 spiro atoms. The van der Waals surface area contributed by atoms with Crippen LogP contribution in [0, 0.1) is 0 Å². The summed E-state index contributed by atoms with van der Waals surface area (Å²) < 4.78 is 1.04. The number of carbonyl (C=O) groups excluding carboxylic acids is 1. The molecule has 6 heteroatoms. The molecular weight excluding hydrogens is 290 g/mol. The minimum Gasteiger partial charge on any atom is -0.369 e. The van der Waals surface area contributed by atoms with Crippen molar-refractivity contribution < 1.29 is 4.79 Å². The maximum absolute atomic E-state index is 11.0. The molecule has 0 radical (unpaired) electrons. The van der Waals surface area contributed by atoms with Gasteiger partial charge < -0.3 is 11.5 Å². The minimum absolute atomic E-state index is 0.0637. The van der Waals surface area contributed by atoms with Crippen LogP contribution in [0.1, 0.15) is 17.8 Å². The largest absolute Gasteiger partial charge is 0.369 e. The summed E-state index contributed by atoms with van der Waals surface area (Å²) in [5, 5.41) is 2.01. The molecule has 1 heterocycles. The zero-order chi connectivity index (χ0) is 12.1. The van der Waals surface area contributed by atoms with Gasteiger partial charge in [-0.3, -0.25) is 9.69 Å². The van der Waals surface area contributed by atoms with Crippen LogP contribution in [0.3, 0.4) is 0 Å². The quantitative estimate of drug-likeness (QED) is 0.832. The molecule has 0 fully saturated rings. The number of rotatable bonds is 6. The predicted octanol–water partition coefficient (Wildman–Crippen LogP) is 1.32. The van der Waals surface area contributed by atoms with Crippen LogP contribution in [0.5, 0.6) is 0 Å². The molecule has 0 aliphatic heterocycles. The number of hydrogen-bond acceptors (Lipinski definition) is 4. The van der Waals surface area contributed by atoms with Gasteiger partial charge in [0.25, 0.3) is 0 Å². The van der Waals surface area contributed by atoms with E-state index < -0.39 is 0 Å². The van der Waals surface area contributed by atoms with E-state index in [9.17, 15) is 4.79 Å². The van der Waals surface area contributed by atoms with Gasteiger partial charge in [-0.15, -0.1) is 11.3 Å². The van der Waals surface area contributed by atoms with Gasteiger partial charge >= 0.3 is 0 Å². The van der Waals surface area contributed by atoms with Crippen molar-refractivity contribution >= 4 is 33.2 Å². The Morgan fingerprint density at radius 3 is 2.75 bits per heavy atom. The Bertz CT molecular complexity index is 356. The van der Waals surface area contributed by atoms with Crippen molar-refractivity contribution in [2.75, 3.05) is 19.6 Å². The molecule has 4 nitrogen and oxygen atoms in total. The number of halogens is 1. The number of amides is 1. The highest BCUT2D eigenvalue weighted by Crippen LogP contribution is 2.28. The van der Waals surface area contributed by atoms with Gasteiger partial charge in [-0.05, 0) is 28.5 Å². The number of carbonyl (C=O) groups is 1. The molecule has 0 saturated carbocycles. The van der Waals surface area contributed by atoms with Crippen LogP contribution in [0.15, 0.2) is 15.9 Å². The van der Waals surface area contributed by atoms with Crippen LogP contribution in [0.2, 0.25) is 0 Å². The summed E-state index contributed by atoms with van der Waals surface area (Å²) in [6.07, 6.45) is 0. The third-order valence-electron chi connectivity index (χ3n) is 2.35. The fourth-order valence-corrected chi connectivity index (χ4v) is 3.18. The molecule has 1 unspecified atom stereocenters. The summed E-state index contributed by atoms with van der Waals surface area (Å²) in [5.41, 5.74) is 11.0. The first-order valence-electron chi connectivity index (χ1n) is 5.04. The Labute approximate surface area is 108 Å². The van der Waals surface area contributed by atoms with Crippen molar-refractivity contribution in [3.8, 4) is 0 Å². The van der Waals surface area contributed by atoms with E-state index in [1.807, 2.05) is 23.3 Å². The van der Waals surface area contributed by atoms with Crippen LogP contribution < -0.4 is 11.5 Å². The van der Waals surface area contributed by atoms with Crippen LogP contribution in [-0.2, 0) is 4.79 Å². The normalized spacial score (nSPS) is 13.0. The van der Waals surface area contributed by atoms with Crippen molar-refractivity contribution in [3.63, 3.8) is 0 Å². The molecule has 16 heavy (non-hydrogen) atoms. The van der Waals surface area contributed by atoms with Gasteiger partial charge in [-0.25, -0.2) is 0 Å². The fourth-order valence-electron chi connectivity index (χ4n) is 1.59. The van der Waals surface area contributed by atoms with Crippen molar-refractivity contribution in [1.82, 2.24) is 4.90 Å². The van der Waals surface area contributed by atoms with Crippen LogP contribution in [-0.4, -0.2) is 30.4 Å². The lowest BCUT2D eigenvalue weighted by molar-refractivity contribution is -0.119. The SMILES string of the molecule is CCN(CC(N)=O)C(CN)c1cc(Br)cs1. The first-order valence-corrected chi connectivity index (χ1v) is 6.72. The second kappa shape index (κ2) is 6.34. The standard InChI is InChI=1S/C10H16BrN3OS/c1-2-14(5-10(13)15)8(4-12)9-3-7(11)6-16-9/h3,6,8H,2,4-5,12H2,1H3,(H2,13,15). The molecule has 1 aromatic heterocycles. The lowest BCUT2D eigenvalue weighted by atomic mass is 10.2. The molecule has 4 N–H and O–H groups in total. The average molecular weight is 306 g/mol. The number of likely N-dealkylation sites (N-methyl/N-ethyl adjacent to an activating group) is 1. The van der Waals surface area contributed by atoms with Gasteiger partial charge in [0.1, 0.15) is 0 Å². The topological polar surface area (TPSA) is 72.3 Å². The summed E-state index contributed by atoms with van der Waals surface area (Å²) in [7, 11) is 0. The number of primary amides is 1. The summed E-state index contributed by atoms with van der Waals surface area (Å²) >= 11 is 5.04. The van der Waals surface area contributed by atoms with Crippen molar-refractivity contribution in [2.24, 2.45) is 11.5 Å². The number of hydrogen-bond donors (Lipinski definition) is 2. The highest BCUT2D eigenvalue weighted by molar-refractivity contribution is 9.10. The fraction of sp³-hybridized carbons (Fsp3) is 0.500. The number of nitrogens with two attached hydrogens (primary N) is 2. The van der Waals surface area contributed by atoms with Crippen LogP contribution in [0.25, 0.3) is 0 Å². The molecular formula is C10H16BrN3OS. The van der Waals surface area contributed by atoms with Gasteiger partial charge in [-0.2, -0.15) is 0 Å². The molecule has 0 aliphatic rings. The van der Waals surface area contributed by atoms with Crippen LogP contribution >= 0.6 is 27.3 Å². The van der Waals surface area contributed by atoms with Crippen LogP contribution in [0.4, 0.5) is 0 Å². The first-order chi connectivity index (χ1) is 7.58. The Balaban J connectivity index is 2.82. The van der Waals surface area contributed by atoms with Gasteiger partial charge in [-0.1, -0.05) is 6.92 Å². The van der Waals surface area contributed by atoms with E-state index in [2.05, 4.69) is 15.9 Å². The summed E-state index contributed by atoms with van der Waals surface area (Å²) in [4.78, 5) is 14.1. The van der Waals surface area contributed by atoms with E-state index in [-0.39, 0.29) is 18.5 Å². The average Bonchev–Trinajstić information content (AvgIpc) is 2.64. The highest BCUT2D eigenvalue weighted by Gasteiger charge is 2.20. The molecule has 0 bridgehead atoms. The Morgan fingerprint density at radius 1 is 1.69 bits per heavy atom. The lowest BCUT2D eigenvalue weighted by Crippen LogP contribution is -2.39. The Kier molecular flexibility index (Phi) is 5.40. The maximum Gasteiger partial charge on any atom is 0.231 e. The van der Waals surface area contributed by atoms with E-state index in [1.54, 1.807) is 11.3 Å². The molecule has 0 aromatic carbocycles. The molecule has 1 atom stereocenters. The van der Waals surface area contributed by atoms with E-state index in [1.165, 1.54) is 0 Å². The van der Waals surface area contributed by atoms with E-state index >= 15 is 0 Å². The van der Waals surface area contributed by atoms with Gasteiger partial charge in [0.2, 0.25) is 5.91 Å². The summed E-state index contributed by atoms with van der Waals surface area (Å²) in [6.45, 7) is 3.47. The van der Waals surface area contributed by atoms with Gasteiger partial charge in [0.05, 0.1) is 12.6 Å². The summed E-state index contributed by atoms with van der Waals surface area (Å²) in [5.74, 6) is -0.323. The van der Waals surface area contributed by atoms with E-state index in [0.29, 0.717) is 6.54 Å². The molecule has 90 valence electrons. The Morgan fingerprint density at radius 2 is 2.38 bits per heavy atom. The van der Waals surface area contributed by atoms with Crippen molar-refractivity contribution in [3.05, 3.63) is 20.8 Å². The monoisotopic (exact) mass is 305 g/mol. The molecule has 0 saturated heterocycles. The van der Waals surface area contributed by atoms with Gasteiger partial charge in [0.15, 0.2) is 0 Å². The molecule has 1 aromatic rings. The number of thiophene rings is 1. The first kappa shape index (κ1) is 13.6. The molecule has 1 amide bonds. The Hall–Kier alpha value is -0.430. The van der Waals surface area contributed by atoms with E-state index in [0.717, 1.165) is 15.9 Å². The smallest absolute Gasteiger partial charge is 0.231 e. The van der Waals surface area contributed by atoms with Crippen molar-refractivity contribution in [1.29, 1.82) is 0 Å². The maximum atomic E-state index is 11.0. The second-order valence-corrected chi connectivity index (χ2v) is 5.31. The third-order valence-corrected chi connectivity index (χ3v) is 4.14. The lowest BCUT2D eigenvalue weighted by Gasteiger charge is -2.27. The molecule has 1 rings (SSSR count). The third kappa shape index (κ3) is 3.55. The zero-order valence-corrected chi connectivity index (χ0v) is 11.6. The summed E-state index contributed by atoms with van der Waals surface area (Å²) in [6, 6.07) is 2.10. The van der Waals surface area contributed by atoms with Crippen molar-refractivity contribution in [2.45, 2.75) is 13.0 Å². The number of nitrogens with zero attached hydrogens (tertiary/aromatic N) is 1. The zero-order valence-electron chi connectivity index (χ0n) is 9.15. The van der Waals surface area contributed by atoms with E-state index in [4.69, 9.17) is 11.5 Å². The predicted molar refractivity (Wildman–Crippen MR) is 70.3 cm³/mol. The minimum atomic E-state index is -0.323. The second-order valence-electron chi connectivity index (χ2n) is 3.45. The molecule has 0 aliphatic carbocycles.